The molecular weight excluding hydrogens is 390 g/mol. The van der Waals surface area contributed by atoms with E-state index in [0.717, 1.165) is 6.26 Å². The van der Waals surface area contributed by atoms with Crippen LogP contribution < -0.4 is 10.1 Å². The van der Waals surface area contributed by atoms with E-state index in [1.807, 2.05) is 6.07 Å². The molecule has 0 radical (unpaired) electrons. The van der Waals surface area contributed by atoms with E-state index in [-0.39, 0.29) is 10.8 Å². The van der Waals surface area contributed by atoms with E-state index in [4.69, 9.17) is 4.74 Å². The first kappa shape index (κ1) is 19.2. The van der Waals surface area contributed by atoms with Gasteiger partial charge in [-0.05, 0) is 43.0 Å². The molecule has 1 fully saturated rings. The maximum Gasteiger partial charge on any atom is 0.259 e. The molecule has 0 saturated heterocycles. The lowest BCUT2D eigenvalue weighted by molar-refractivity contribution is 0.102. The van der Waals surface area contributed by atoms with E-state index in [1.165, 1.54) is 29.8 Å². The van der Waals surface area contributed by atoms with Crippen LogP contribution >= 0.6 is 0 Å². The first-order valence-corrected chi connectivity index (χ1v) is 11.2. The lowest BCUT2D eigenvalue weighted by Crippen LogP contribution is -2.14. The van der Waals surface area contributed by atoms with Crippen LogP contribution in [0.15, 0.2) is 65.8 Å². The second kappa shape index (κ2) is 7.71. The van der Waals surface area contributed by atoms with Crippen molar-refractivity contribution in [1.29, 1.82) is 0 Å². The number of benzene rings is 2. The van der Waals surface area contributed by atoms with E-state index in [1.54, 1.807) is 42.6 Å². The number of rotatable bonds is 7. The van der Waals surface area contributed by atoms with Crippen LogP contribution in [0.25, 0.3) is 5.69 Å². The van der Waals surface area contributed by atoms with Crippen molar-refractivity contribution in [2.24, 2.45) is 5.92 Å². The van der Waals surface area contributed by atoms with Gasteiger partial charge in [0.1, 0.15) is 5.75 Å². The Hall–Kier alpha value is -3.13. The zero-order chi connectivity index (χ0) is 20.4. The predicted octanol–water partition coefficient (Wildman–Crippen LogP) is 3.32. The maximum atomic E-state index is 12.7. The molecule has 0 unspecified atom stereocenters. The van der Waals surface area contributed by atoms with E-state index in [0.29, 0.717) is 35.2 Å². The van der Waals surface area contributed by atoms with Crippen molar-refractivity contribution >= 4 is 21.4 Å². The smallest absolute Gasteiger partial charge is 0.259 e. The zero-order valence-electron chi connectivity index (χ0n) is 15.9. The van der Waals surface area contributed by atoms with Gasteiger partial charge in [0.25, 0.3) is 5.91 Å². The van der Waals surface area contributed by atoms with Gasteiger partial charge in [0.15, 0.2) is 9.84 Å². The van der Waals surface area contributed by atoms with E-state index >= 15 is 0 Å². The van der Waals surface area contributed by atoms with E-state index < -0.39 is 9.84 Å². The fourth-order valence-corrected chi connectivity index (χ4v) is 3.82. The Morgan fingerprint density at radius 1 is 1.17 bits per heavy atom. The third-order valence-electron chi connectivity index (χ3n) is 4.66. The average Bonchev–Trinajstić information content (AvgIpc) is 3.43. The van der Waals surface area contributed by atoms with Crippen LogP contribution in [0.1, 0.15) is 23.2 Å². The van der Waals surface area contributed by atoms with Crippen molar-refractivity contribution in [3.63, 3.8) is 0 Å². The Morgan fingerprint density at radius 2 is 1.90 bits per heavy atom. The van der Waals surface area contributed by atoms with Crippen molar-refractivity contribution in [3.8, 4) is 11.4 Å². The van der Waals surface area contributed by atoms with Crippen LogP contribution in [0.2, 0.25) is 0 Å². The molecule has 0 aliphatic heterocycles. The summed E-state index contributed by atoms with van der Waals surface area (Å²) in [5, 5.41) is 7.00. The minimum absolute atomic E-state index is 0.166. The highest BCUT2D eigenvalue weighted by molar-refractivity contribution is 7.90. The monoisotopic (exact) mass is 411 g/mol. The number of hydrogen-bond donors (Lipinski definition) is 1. The normalized spacial score (nSPS) is 13.8. The third kappa shape index (κ3) is 4.48. The molecule has 0 bridgehead atoms. The van der Waals surface area contributed by atoms with Crippen LogP contribution in [0.3, 0.4) is 0 Å². The molecule has 0 spiro atoms. The van der Waals surface area contributed by atoms with Gasteiger partial charge in [-0.2, -0.15) is 5.10 Å². The van der Waals surface area contributed by atoms with Crippen molar-refractivity contribution < 1.29 is 17.9 Å². The molecule has 2 aromatic carbocycles. The molecule has 1 heterocycles. The van der Waals surface area contributed by atoms with Gasteiger partial charge in [0.05, 0.1) is 40.8 Å². The molecule has 29 heavy (non-hydrogen) atoms. The summed E-state index contributed by atoms with van der Waals surface area (Å²) in [4.78, 5) is 12.9. The van der Waals surface area contributed by atoms with Gasteiger partial charge in [0.2, 0.25) is 0 Å². The van der Waals surface area contributed by atoms with Crippen LogP contribution in [0.5, 0.6) is 5.75 Å². The van der Waals surface area contributed by atoms with Gasteiger partial charge in [-0.3, -0.25) is 4.79 Å². The first-order valence-electron chi connectivity index (χ1n) is 9.29. The number of para-hydroxylation sites is 2. The molecule has 1 aromatic heterocycles. The van der Waals surface area contributed by atoms with Gasteiger partial charge in [-0.25, -0.2) is 13.1 Å². The second-order valence-corrected chi connectivity index (χ2v) is 9.10. The number of carbonyl (C=O) groups excluding carboxylic acids is 1. The molecule has 1 amide bonds. The van der Waals surface area contributed by atoms with Crippen LogP contribution in [0, 0.1) is 5.92 Å². The van der Waals surface area contributed by atoms with Crippen molar-refractivity contribution in [2.45, 2.75) is 17.7 Å². The van der Waals surface area contributed by atoms with Gasteiger partial charge in [-0.1, -0.05) is 24.3 Å². The number of nitrogens with one attached hydrogen (secondary N) is 1. The quantitative estimate of drug-likeness (QED) is 0.644. The Bertz CT molecular complexity index is 1150. The lowest BCUT2D eigenvalue weighted by Gasteiger charge is -2.10. The number of amides is 1. The molecule has 4 rings (SSSR count). The number of aromatic nitrogens is 2. The van der Waals surface area contributed by atoms with Crippen molar-refractivity contribution in [2.75, 3.05) is 18.2 Å². The molecule has 1 aliphatic rings. The Kier molecular flexibility index (Phi) is 5.10. The molecule has 8 heteroatoms. The standard InChI is InChI=1S/C21H21N3O4S/c1-29(26,27)20-9-5-3-7-18(20)24-13-16(12-22-24)23-21(25)17-6-2-4-8-19(17)28-14-15-10-11-15/h2-9,12-13,15H,10-11,14H2,1H3,(H,23,25). The first-order chi connectivity index (χ1) is 13.9. The Balaban J connectivity index is 1.54. The van der Waals surface area contributed by atoms with Gasteiger partial charge < -0.3 is 10.1 Å². The summed E-state index contributed by atoms with van der Waals surface area (Å²) in [7, 11) is -3.42. The van der Waals surface area contributed by atoms with Gasteiger partial charge in [0, 0.05) is 6.26 Å². The number of ether oxygens (including phenoxy) is 1. The summed E-state index contributed by atoms with van der Waals surface area (Å²) >= 11 is 0. The van der Waals surface area contributed by atoms with Crippen LogP contribution in [0.4, 0.5) is 5.69 Å². The van der Waals surface area contributed by atoms with Crippen molar-refractivity contribution in [3.05, 3.63) is 66.5 Å². The summed E-state index contributed by atoms with van der Waals surface area (Å²) in [5.41, 5.74) is 1.32. The average molecular weight is 411 g/mol. The number of nitrogens with zero attached hydrogens (tertiary/aromatic N) is 2. The molecule has 3 aromatic rings. The molecule has 1 saturated carbocycles. The number of hydrogen-bond acceptors (Lipinski definition) is 5. The summed E-state index contributed by atoms with van der Waals surface area (Å²) in [6.45, 7) is 0.616. The van der Waals surface area contributed by atoms with Crippen LogP contribution in [-0.2, 0) is 9.84 Å². The number of carbonyl (C=O) groups is 1. The minimum atomic E-state index is -3.42. The molecule has 7 nitrogen and oxygen atoms in total. The fraction of sp³-hybridized carbons (Fsp3) is 0.238. The second-order valence-electron chi connectivity index (χ2n) is 7.12. The predicted molar refractivity (Wildman–Crippen MR) is 109 cm³/mol. The highest BCUT2D eigenvalue weighted by Crippen LogP contribution is 2.30. The molecule has 1 aliphatic carbocycles. The number of anilines is 1. The summed E-state index contributed by atoms with van der Waals surface area (Å²) in [5.74, 6) is 0.818. The highest BCUT2D eigenvalue weighted by Gasteiger charge is 2.23. The van der Waals surface area contributed by atoms with E-state index in [9.17, 15) is 13.2 Å². The maximum absolute atomic E-state index is 12.7. The van der Waals surface area contributed by atoms with Crippen molar-refractivity contribution in [1.82, 2.24) is 9.78 Å². The summed E-state index contributed by atoms with van der Waals surface area (Å²) in [6, 6.07) is 13.7. The van der Waals surface area contributed by atoms with Crippen LogP contribution in [-0.4, -0.2) is 37.0 Å². The molecule has 1 N–H and O–H groups in total. The number of sulfone groups is 1. The molecule has 0 atom stereocenters. The fourth-order valence-electron chi connectivity index (χ4n) is 2.95. The largest absolute Gasteiger partial charge is 0.492 e. The Labute approximate surface area is 169 Å². The highest BCUT2D eigenvalue weighted by atomic mass is 32.2. The summed E-state index contributed by atoms with van der Waals surface area (Å²) < 4.78 is 31.3. The van der Waals surface area contributed by atoms with Gasteiger partial charge >= 0.3 is 0 Å². The SMILES string of the molecule is CS(=O)(=O)c1ccccc1-n1cc(NC(=O)c2ccccc2OCC2CC2)cn1. The lowest BCUT2D eigenvalue weighted by atomic mass is 10.2. The molecular formula is C21H21N3O4S. The zero-order valence-corrected chi connectivity index (χ0v) is 16.7. The molecule has 150 valence electrons. The topological polar surface area (TPSA) is 90.3 Å². The third-order valence-corrected chi connectivity index (χ3v) is 5.80. The van der Waals surface area contributed by atoms with Gasteiger partial charge in [-0.15, -0.1) is 0 Å². The Morgan fingerprint density at radius 3 is 2.66 bits per heavy atom. The minimum Gasteiger partial charge on any atom is -0.492 e. The van der Waals surface area contributed by atoms with E-state index in [2.05, 4.69) is 10.4 Å². The summed E-state index contributed by atoms with van der Waals surface area (Å²) in [6.07, 6.45) is 6.54.